The molecule has 6 heteroatoms. The van der Waals surface area contributed by atoms with Crippen LogP contribution in [0.15, 0.2) is 12.1 Å². The Morgan fingerprint density at radius 3 is 2.64 bits per heavy atom. The Balaban J connectivity index is 2.13. The van der Waals surface area contributed by atoms with Gasteiger partial charge in [-0.25, -0.2) is 0 Å². The molecule has 1 aromatic carbocycles. The lowest BCUT2D eigenvalue weighted by atomic mass is 10.0. The van der Waals surface area contributed by atoms with Crippen LogP contribution >= 0.6 is 11.6 Å². The van der Waals surface area contributed by atoms with Crippen molar-refractivity contribution in [3.63, 3.8) is 0 Å². The van der Waals surface area contributed by atoms with Gasteiger partial charge in [-0.1, -0.05) is 11.6 Å². The number of likely N-dealkylation sites (tertiary alicyclic amines) is 1. The van der Waals surface area contributed by atoms with E-state index in [0.717, 1.165) is 18.5 Å². The molecule has 0 radical (unpaired) electrons. The number of likely N-dealkylation sites (N-methyl/N-ethyl adjacent to an activating group) is 1. The Labute approximate surface area is 137 Å². The third kappa shape index (κ3) is 4.04. The van der Waals surface area contributed by atoms with E-state index in [1.807, 2.05) is 25.1 Å². The minimum atomic E-state index is -0.653. The molecule has 2 rings (SSSR count). The summed E-state index contributed by atoms with van der Waals surface area (Å²) in [5, 5.41) is 11.2. The molecule has 1 aromatic rings. The standard InChI is InChI=1S/C16H25ClN2O3/c1-18(2)10-16(20)5-6-19(11-16)9-12-7-13(17)8-14(21-3)15(12)22-4/h7-8,20H,5-6,9-11H2,1-4H3/t16-/m0/s1. The summed E-state index contributed by atoms with van der Waals surface area (Å²) in [7, 11) is 7.18. The van der Waals surface area contributed by atoms with E-state index >= 15 is 0 Å². The van der Waals surface area contributed by atoms with Crippen molar-refractivity contribution in [3.8, 4) is 11.5 Å². The quantitative estimate of drug-likeness (QED) is 0.863. The molecule has 1 aliphatic rings. The van der Waals surface area contributed by atoms with Crippen molar-refractivity contribution in [2.45, 2.75) is 18.6 Å². The zero-order valence-corrected chi connectivity index (χ0v) is 14.5. The lowest BCUT2D eigenvalue weighted by Gasteiger charge is -2.27. The van der Waals surface area contributed by atoms with Gasteiger partial charge in [0, 0.05) is 42.8 Å². The molecule has 0 bridgehead atoms. The molecule has 5 nitrogen and oxygen atoms in total. The molecule has 1 heterocycles. The van der Waals surface area contributed by atoms with E-state index in [-0.39, 0.29) is 0 Å². The van der Waals surface area contributed by atoms with Crippen molar-refractivity contribution < 1.29 is 14.6 Å². The van der Waals surface area contributed by atoms with E-state index in [2.05, 4.69) is 4.90 Å². The van der Waals surface area contributed by atoms with Gasteiger partial charge in [0.15, 0.2) is 11.5 Å². The lowest BCUT2D eigenvalue weighted by Crippen LogP contribution is -2.42. The van der Waals surface area contributed by atoms with Gasteiger partial charge in [-0.15, -0.1) is 0 Å². The van der Waals surface area contributed by atoms with Crippen molar-refractivity contribution in [1.29, 1.82) is 0 Å². The molecule has 0 aliphatic carbocycles. The highest BCUT2D eigenvalue weighted by atomic mass is 35.5. The number of β-amino-alcohol motifs (C(OH)–C–C–N with tert-alkyl or cyclic N) is 1. The van der Waals surface area contributed by atoms with Gasteiger partial charge in [-0.2, -0.15) is 0 Å². The van der Waals surface area contributed by atoms with Crippen LogP contribution in [0.2, 0.25) is 5.02 Å². The molecule has 1 saturated heterocycles. The SMILES string of the molecule is COc1cc(Cl)cc(CN2CC[C@](O)(CN(C)C)C2)c1OC. The number of methoxy groups -OCH3 is 2. The molecule has 1 aliphatic heterocycles. The van der Waals surface area contributed by atoms with Crippen LogP contribution in [0.5, 0.6) is 11.5 Å². The minimum Gasteiger partial charge on any atom is -0.493 e. The molecule has 0 saturated carbocycles. The third-order valence-electron chi connectivity index (χ3n) is 3.94. The zero-order valence-electron chi connectivity index (χ0n) is 13.7. The van der Waals surface area contributed by atoms with Crippen molar-refractivity contribution >= 4 is 11.6 Å². The van der Waals surface area contributed by atoms with Gasteiger partial charge < -0.3 is 19.5 Å². The number of ether oxygens (including phenoxy) is 2. The van der Waals surface area contributed by atoms with Crippen LogP contribution in [0.1, 0.15) is 12.0 Å². The van der Waals surface area contributed by atoms with Crippen LogP contribution in [-0.4, -0.2) is 68.5 Å². The second-order valence-electron chi connectivity index (χ2n) is 6.22. The average Bonchev–Trinajstić information content (AvgIpc) is 2.78. The topological polar surface area (TPSA) is 45.2 Å². The van der Waals surface area contributed by atoms with Crippen molar-refractivity contribution in [2.24, 2.45) is 0 Å². The first-order valence-electron chi connectivity index (χ1n) is 7.37. The Morgan fingerprint density at radius 1 is 1.32 bits per heavy atom. The Kier molecular flexibility index (Phi) is 5.55. The lowest BCUT2D eigenvalue weighted by molar-refractivity contribution is 0.0239. The first-order valence-corrected chi connectivity index (χ1v) is 7.74. The summed E-state index contributed by atoms with van der Waals surface area (Å²) in [6.45, 7) is 2.83. The normalized spacial score (nSPS) is 22.3. The summed E-state index contributed by atoms with van der Waals surface area (Å²) in [6.07, 6.45) is 0.769. The number of rotatable bonds is 6. The van der Waals surface area contributed by atoms with Crippen LogP contribution in [0, 0.1) is 0 Å². The summed E-state index contributed by atoms with van der Waals surface area (Å²) in [6, 6.07) is 3.64. The maximum Gasteiger partial charge on any atom is 0.165 e. The number of halogens is 1. The third-order valence-corrected chi connectivity index (χ3v) is 4.15. The van der Waals surface area contributed by atoms with Crippen LogP contribution in [0.4, 0.5) is 0 Å². The number of hydrogen-bond donors (Lipinski definition) is 1. The van der Waals surface area contributed by atoms with Crippen LogP contribution in [0.3, 0.4) is 0 Å². The summed E-state index contributed by atoms with van der Waals surface area (Å²) in [5.41, 5.74) is 0.320. The van der Waals surface area contributed by atoms with Gasteiger partial charge in [0.05, 0.1) is 19.8 Å². The molecular weight excluding hydrogens is 304 g/mol. The van der Waals surface area contributed by atoms with Crippen molar-refractivity contribution in [1.82, 2.24) is 9.80 Å². The Bertz CT molecular complexity index is 524. The molecule has 0 amide bonds. The molecule has 0 unspecified atom stereocenters. The molecule has 124 valence electrons. The molecule has 1 N–H and O–H groups in total. The molecule has 1 fully saturated rings. The van der Waals surface area contributed by atoms with E-state index in [1.54, 1.807) is 20.3 Å². The van der Waals surface area contributed by atoms with E-state index in [0.29, 0.717) is 36.2 Å². The summed E-state index contributed by atoms with van der Waals surface area (Å²) in [4.78, 5) is 4.24. The van der Waals surface area contributed by atoms with Crippen molar-refractivity contribution in [2.75, 3.05) is 47.9 Å². The van der Waals surface area contributed by atoms with E-state index < -0.39 is 5.60 Å². The van der Waals surface area contributed by atoms with Crippen LogP contribution in [-0.2, 0) is 6.54 Å². The molecule has 1 atom stereocenters. The maximum atomic E-state index is 10.6. The number of hydrogen-bond acceptors (Lipinski definition) is 5. The number of benzene rings is 1. The van der Waals surface area contributed by atoms with E-state index in [9.17, 15) is 5.11 Å². The van der Waals surface area contributed by atoms with Crippen LogP contribution in [0.25, 0.3) is 0 Å². The first kappa shape index (κ1) is 17.3. The highest BCUT2D eigenvalue weighted by Gasteiger charge is 2.36. The fraction of sp³-hybridized carbons (Fsp3) is 0.625. The van der Waals surface area contributed by atoms with Gasteiger partial charge in [-0.05, 0) is 26.6 Å². The van der Waals surface area contributed by atoms with E-state index in [4.69, 9.17) is 21.1 Å². The first-order chi connectivity index (χ1) is 10.4. The summed E-state index contributed by atoms with van der Waals surface area (Å²) >= 11 is 6.16. The summed E-state index contributed by atoms with van der Waals surface area (Å²) < 4.78 is 10.8. The van der Waals surface area contributed by atoms with Gasteiger partial charge in [0.2, 0.25) is 0 Å². The van der Waals surface area contributed by atoms with Gasteiger partial charge >= 0.3 is 0 Å². The Hall–Kier alpha value is -1.01. The molecular formula is C16H25ClN2O3. The Morgan fingerprint density at radius 2 is 2.05 bits per heavy atom. The van der Waals surface area contributed by atoms with Crippen molar-refractivity contribution in [3.05, 3.63) is 22.7 Å². The average molecular weight is 329 g/mol. The highest BCUT2D eigenvalue weighted by molar-refractivity contribution is 6.30. The number of aliphatic hydroxyl groups is 1. The predicted octanol–water partition coefficient (Wildman–Crippen LogP) is 1.86. The van der Waals surface area contributed by atoms with Gasteiger partial charge in [0.25, 0.3) is 0 Å². The van der Waals surface area contributed by atoms with E-state index in [1.165, 1.54) is 0 Å². The molecule has 22 heavy (non-hydrogen) atoms. The smallest absolute Gasteiger partial charge is 0.165 e. The minimum absolute atomic E-state index is 0.621. The maximum absolute atomic E-state index is 10.6. The van der Waals surface area contributed by atoms with Crippen LogP contribution < -0.4 is 9.47 Å². The molecule has 0 spiro atoms. The zero-order chi connectivity index (χ0) is 16.3. The predicted molar refractivity (Wildman–Crippen MR) is 88.0 cm³/mol. The fourth-order valence-electron chi connectivity index (χ4n) is 3.16. The molecule has 0 aromatic heterocycles. The number of nitrogens with zero attached hydrogens (tertiary/aromatic N) is 2. The second kappa shape index (κ2) is 7.04. The fourth-order valence-corrected chi connectivity index (χ4v) is 3.39. The van der Waals surface area contributed by atoms with Gasteiger partial charge in [-0.3, -0.25) is 4.90 Å². The van der Waals surface area contributed by atoms with Gasteiger partial charge in [0.1, 0.15) is 0 Å². The monoisotopic (exact) mass is 328 g/mol. The summed E-state index contributed by atoms with van der Waals surface area (Å²) in [5.74, 6) is 1.34. The highest BCUT2D eigenvalue weighted by Crippen LogP contribution is 2.36. The largest absolute Gasteiger partial charge is 0.493 e. The second-order valence-corrected chi connectivity index (χ2v) is 6.66.